The molecular weight excluding hydrogens is 208 g/mol. The molecule has 2 aliphatic heterocycles. The molecule has 0 bridgehead atoms. The predicted octanol–water partition coefficient (Wildman–Crippen LogP) is 2.50. The normalized spacial score (nSPS) is 40.4. The second kappa shape index (κ2) is 5.27. The molecule has 2 heteroatoms. The Bertz CT molecular complexity index is 245. The lowest BCUT2D eigenvalue weighted by Crippen LogP contribution is -2.36. The van der Waals surface area contributed by atoms with E-state index in [1.54, 1.807) is 0 Å². The fraction of sp³-hybridized carbons (Fsp3) is 1.00. The van der Waals surface area contributed by atoms with Crippen molar-refractivity contribution in [2.45, 2.75) is 51.5 Å². The van der Waals surface area contributed by atoms with Gasteiger partial charge in [-0.15, -0.1) is 0 Å². The molecule has 98 valence electrons. The highest BCUT2D eigenvalue weighted by Crippen LogP contribution is 2.34. The Kier molecular flexibility index (Phi) is 3.72. The van der Waals surface area contributed by atoms with E-state index in [1.807, 2.05) is 0 Å². The molecule has 2 nitrogen and oxygen atoms in total. The van der Waals surface area contributed by atoms with Gasteiger partial charge in [0.05, 0.1) is 0 Å². The Morgan fingerprint density at radius 2 is 1.82 bits per heavy atom. The first-order chi connectivity index (χ1) is 8.34. The minimum absolute atomic E-state index is 0.832. The predicted molar refractivity (Wildman–Crippen MR) is 72.1 cm³/mol. The van der Waals surface area contributed by atoms with Crippen LogP contribution in [0.15, 0.2) is 0 Å². The minimum Gasteiger partial charge on any atom is -0.316 e. The van der Waals surface area contributed by atoms with E-state index >= 15 is 0 Å². The molecule has 1 saturated carbocycles. The van der Waals surface area contributed by atoms with Gasteiger partial charge in [0, 0.05) is 19.1 Å². The first-order valence-corrected chi connectivity index (χ1v) is 7.79. The summed E-state index contributed by atoms with van der Waals surface area (Å²) >= 11 is 0. The van der Waals surface area contributed by atoms with Gasteiger partial charge in [-0.3, -0.25) is 4.90 Å². The number of hydrogen-bond acceptors (Lipinski definition) is 2. The van der Waals surface area contributed by atoms with E-state index in [9.17, 15) is 0 Å². The topological polar surface area (TPSA) is 15.3 Å². The zero-order valence-corrected chi connectivity index (χ0v) is 11.3. The smallest absolute Gasteiger partial charge is 0.0111 e. The van der Waals surface area contributed by atoms with Gasteiger partial charge in [0.1, 0.15) is 0 Å². The van der Waals surface area contributed by atoms with Crippen molar-refractivity contribution in [2.75, 3.05) is 26.2 Å². The summed E-state index contributed by atoms with van der Waals surface area (Å²) in [7, 11) is 0. The van der Waals surface area contributed by atoms with Gasteiger partial charge in [0.15, 0.2) is 0 Å². The molecule has 1 N–H and O–H groups in total. The molecule has 3 fully saturated rings. The standard InChI is InChI=1S/C15H28N2/c1-12-15-9-16-8-14(15)11-17(12)10-13-6-4-2-3-5-7-13/h12-16H,2-11H2,1H3. The van der Waals surface area contributed by atoms with E-state index in [-0.39, 0.29) is 0 Å². The Balaban J connectivity index is 1.54. The number of rotatable bonds is 2. The molecule has 2 heterocycles. The average Bonchev–Trinajstić information content (AvgIpc) is 2.77. The highest BCUT2D eigenvalue weighted by Gasteiger charge is 2.41. The zero-order chi connectivity index (χ0) is 11.7. The fourth-order valence-electron chi connectivity index (χ4n) is 4.38. The first kappa shape index (κ1) is 12.0. The average molecular weight is 236 g/mol. The molecule has 0 aromatic rings. The van der Waals surface area contributed by atoms with Crippen molar-refractivity contribution < 1.29 is 0 Å². The molecule has 0 aromatic heterocycles. The lowest BCUT2D eigenvalue weighted by molar-refractivity contribution is 0.194. The fourth-order valence-corrected chi connectivity index (χ4v) is 4.38. The maximum absolute atomic E-state index is 3.56. The van der Waals surface area contributed by atoms with Crippen molar-refractivity contribution in [3.8, 4) is 0 Å². The van der Waals surface area contributed by atoms with Crippen LogP contribution in [0.1, 0.15) is 45.4 Å². The molecule has 1 aliphatic carbocycles. The van der Waals surface area contributed by atoms with Crippen molar-refractivity contribution in [3.05, 3.63) is 0 Å². The van der Waals surface area contributed by atoms with Gasteiger partial charge < -0.3 is 5.32 Å². The van der Waals surface area contributed by atoms with E-state index in [2.05, 4.69) is 17.1 Å². The van der Waals surface area contributed by atoms with Crippen molar-refractivity contribution in [2.24, 2.45) is 17.8 Å². The van der Waals surface area contributed by atoms with Gasteiger partial charge >= 0.3 is 0 Å². The Morgan fingerprint density at radius 3 is 2.53 bits per heavy atom. The highest BCUT2D eigenvalue weighted by molar-refractivity contribution is 4.96. The van der Waals surface area contributed by atoms with E-state index in [0.29, 0.717) is 0 Å². The third kappa shape index (κ3) is 2.53. The second-order valence-electron chi connectivity index (χ2n) is 6.63. The van der Waals surface area contributed by atoms with E-state index in [4.69, 9.17) is 0 Å². The Morgan fingerprint density at radius 1 is 1.06 bits per heavy atom. The van der Waals surface area contributed by atoms with Crippen LogP contribution in [-0.2, 0) is 0 Å². The number of nitrogens with zero attached hydrogens (tertiary/aromatic N) is 1. The maximum atomic E-state index is 3.56. The van der Waals surface area contributed by atoms with E-state index < -0.39 is 0 Å². The van der Waals surface area contributed by atoms with Crippen molar-refractivity contribution in [1.82, 2.24) is 10.2 Å². The zero-order valence-electron chi connectivity index (χ0n) is 11.3. The largest absolute Gasteiger partial charge is 0.316 e. The van der Waals surface area contributed by atoms with Gasteiger partial charge in [0.25, 0.3) is 0 Å². The lowest BCUT2D eigenvalue weighted by Gasteiger charge is -2.28. The van der Waals surface area contributed by atoms with Gasteiger partial charge in [0.2, 0.25) is 0 Å². The molecule has 0 amide bonds. The number of likely N-dealkylation sites (tertiary alicyclic amines) is 1. The van der Waals surface area contributed by atoms with Gasteiger partial charge in [-0.2, -0.15) is 0 Å². The molecule has 2 saturated heterocycles. The molecule has 3 aliphatic rings. The highest BCUT2D eigenvalue weighted by atomic mass is 15.2. The van der Waals surface area contributed by atoms with Crippen LogP contribution in [0, 0.1) is 17.8 Å². The van der Waals surface area contributed by atoms with Crippen molar-refractivity contribution in [1.29, 1.82) is 0 Å². The van der Waals surface area contributed by atoms with Crippen LogP contribution >= 0.6 is 0 Å². The van der Waals surface area contributed by atoms with Gasteiger partial charge in [-0.1, -0.05) is 25.7 Å². The summed E-state index contributed by atoms with van der Waals surface area (Å²) in [6.45, 7) is 7.78. The molecule has 0 aromatic carbocycles. The van der Waals surface area contributed by atoms with Crippen LogP contribution in [0.2, 0.25) is 0 Å². The van der Waals surface area contributed by atoms with Crippen LogP contribution in [-0.4, -0.2) is 37.1 Å². The van der Waals surface area contributed by atoms with Crippen LogP contribution in [0.4, 0.5) is 0 Å². The van der Waals surface area contributed by atoms with Gasteiger partial charge in [-0.05, 0) is 50.6 Å². The van der Waals surface area contributed by atoms with Crippen LogP contribution < -0.4 is 5.32 Å². The van der Waals surface area contributed by atoms with Gasteiger partial charge in [-0.25, -0.2) is 0 Å². The Hall–Kier alpha value is -0.0800. The number of nitrogens with one attached hydrogen (secondary N) is 1. The summed E-state index contributed by atoms with van der Waals surface area (Å²) < 4.78 is 0. The SMILES string of the molecule is CC1C2CNCC2CN1CC1CCCCCC1. The van der Waals surface area contributed by atoms with Crippen molar-refractivity contribution in [3.63, 3.8) is 0 Å². The number of hydrogen-bond donors (Lipinski definition) is 1. The minimum atomic E-state index is 0.832. The summed E-state index contributed by atoms with van der Waals surface area (Å²) in [6.07, 6.45) is 8.94. The summed E-state index contributed by atoms with van der Waals surface area (Å²) in [5.74, 6) is 2.91. The molecular formula is C15H28N2. The quantitative estimate of drug-likeness (QED) is 0.741. The summed E-state index contributed by atoms with van der Waals surface area (Å²) in [4.78, 5) is 2.81. The van der Waals surface area contributed by atoms with Crippen LogP contribution in [0.5, 0.6) is 0 Å². The van der Waals surface area contributed by atoms with E-state index in [1.165, 1.54) is 64.7 Å². The second-order valence-corrected chi connectivity index (χ2v) is 6.63. The third-order valence-corrected chi connectivity index (χ3v) is 5.52. The molecule has 0 spiro atoms. The monoisotopic (exact) mass is 236 g/mol. The number of fused-ring (bicyclic) bond motifs is 1. The molecule has 3 unspecified atom stereocenters. The molecule has 17 heavy (non-hydrogen) atoms. The lowest BCUT2D eigenvalue weighted by atomic mass is 9.95. The maximum Gasteiger partial charge on any atom is 0.0111 e. The molecule has 3 atom stereocenters. The molecule has 3 rings (SSSR count). The summed E-state index contributed by atoms with van der Waals surface area (Å²) in [5, 5.41) is 3.56. The third-order valence-electron chi connectivity index (χ3n) is 5.52. The Labute approximate surface area is 106 Å². The van der Waals surface area contributed by atoms with Crippen LogP contribution in [0.25, 0.3) is 0 Å². The van der Waals surface area contributed by atoms with Crippen LogP contribution in [0.3, 0.4) is 0 Å². The summed E-state index contributed by atoms with van der Waals surface area (Å²) in [6, 6.07) is 0.832. The molecule has 0 radical (unpaired) electrons. The van der Waals surface area contributed by atoms with Crippen molar-refractivity contribution >= 4 is 0 Å². The summed E-state index contributed by atoms with van der Waals surface area (Å²) in [5.41, 5.74) is 0. The van der Waals surface area contributed by atoms with E-state index in [0.717, 1.165) is 23.8 Å². The first-order valence-electron chi connectivity index (χ1n) is 7.79.